The highest BCUT2D eigenvalue weighted by Gasteiger charge is 1.68. The molecule has 1 nitrogen and oxygen atoms in total. The molecule has 0 aliphatic rings. The first-order valence-corrected chi connectivity index (χ1v) is 5.56. The zero-order chi connectivity index (χ0) is 11.7. The van der Waals surface area contributed by atoms with E-state index in [-0.39, 0.29) is 0 Å². The van der Waals surface area contributed by atoms with Crippen molar-refractivity contribution in [2.24, 2.45) is 5.92 Å². The third-order valence-electron chi connectivity index (χ3n) is 0. The molecule has 1 N–H and O–H groups in total. The molecule has 1 heteroatoms. The van der Waals surface area contributed by atoms with Crippen LogP contribution in [0.1, 0.15) is 61.3 Å². The number of rotatable bonds is 0. The van der Waals surface area contributed by atoms with Gasteiger partial charge in [-0.2, -0.15) is 0 Å². The van der Waals surface area contributed by atoms with Gasteiger partial charge in [0.1, 0.15) is 0 Å². The minimum atomic E-state index is 0.833. The van der Waals surface area contributed by atoms with Crippen LogP contribution in [-0.4, -0.2) is 14.1 Å². The molecule has 0 aromatic rings. The molecule has 0 heterocycles. The normalized spacial score (nSPS) is 6.92. The van der Waals surface area contributed by atoms with Crippen molar-refractivity contribution in [2.75, 3.05) is 14.1 Å². The molecular weight excluding hydrogens is 158 g/mol. The summed E-state index contributed by atoms with van der Waals surface area (Å²) in [5.41, 5.74) is 0. The largest absolute Gasteiger partial charge is 0.323 e. The molecule has 0 saturated carbocycles. The van der Waals surface area contributed by atoms with Gasteiger partial charge in [0.2, 0.25) is 0 Å². The Hall–Kier alpha value is -0.0400. The Labute approximate surface area is 87.3 Å². The second-order valence-electron chi connectivity index (χ2n) is 3.65. The van der Waals surface area contributed by atoms with E-state index in [0.29, 0.717) is 0 Å². The van der Waals surface area contributed by atoms with Crippen LogP contribution >= 0.6 is 0 Å². The molecule has 0 aromatic carbocycles. The van der Waals surface area contributed by atoms with Gasteiger partial charge >= 0.3 is 0 Å². The van der Waals surface area contributed by atoms with Crippen molar-refractivity contribution >= 4 is 0 Å². The highest BCUT2D eigenvalue weighted by molar-refractivity contribution is 4.20. The van der Waals surface area contributed by atoms with Gasteiger partial charge in [-0.15, -0.1) is 0 Å². The molecule has 0 aliphatic heterocycles. The summed E-state index contributed by atoms with van der Waals surface area (Å²) in [6.07, 6.45) is 2.50. The summed E-state index contributed by atoms with van der Waals surface area (Å²) in [7, 11) is 3.75. The quantitative estimate of drug-likeness (QED) is 0.601. The summed E-state index contributed by atoms with van der Waals surface area (Å²) in [6, 6.07) is 0. The van der Waals surface area contributed by atoms with Crippen molar-refractivity contribution in [1.29, 1.82) is 0 Å². The first kappa shape index (κ1) is 23.1. The van der Waals surface area contributed by atoms with Crippen molar-refractivity contribution in [2.45, 2.75) is 61.3 Å². The zero-order valence-electron chi connectivity index (χ0n) is 11.5. The van der Waals surface area contributed by atoms with Crippen LogP contribution in [-0.2, 0) is 0 Å². The van der Waals surface area contributed by atoms with E-state index in [1.807, 2.05) is 14.1 Å². The van der Waals surface area contributed by atoms with Crippen LogP contribution in [0.2, 0.25) is 0 Å². The minimum Gasteiger partial charge on any atom is -0.323 e. The fourth-order valence-corrected chi connectivity index (χ4v) is 0. The second-order valence-corrected chi connectivity index (χ2v) is 3.65. The Morgan fingerprint density at radius 3 is 0.769 bits per heavy atom. The average Bonchev–Trinajstić information content (AvgIpc) is 1.88. The predicted octanol–water partition coefficient (Wildman–Crippen LogP) is 4.33. The van der Waals surface area contributed by atoms with Gasteiger partial charge in [0.15, 0.2) is 0 Å². The summed E-state index contributed by atoms with van der Waals surface area (Å²) in [5, 5.41) is 2.75. The summed E-state index contributed by atoms with van der Waals surface area (Å²) in [6.45, 7) is 15.0. The lowest BCUT2D eigenvalue weighted by Gasteiger charge is -1.79. The summed E-state index contributed by atoms with van der Waals surface area (Å²) in [4.78, 5) is 0. The molecule has 86 valence electrons. The van der Waals surface area contributed by atoms with E-state index in [1.54, 1.807) is 0 Å². The molecule has 0 rings (SSSR count). The lowest BCUT2D eigenvalue weighted by molar-refractivity contribution is 0.737. The van der Waals surface area contributed by atoms with E-state index in [9.17, 15) is 0 Å². The molecule has 0 fully saturated rings. The van der Waals surface area contributed by atoms with Crippen LogP contribution in [0.4, 0.5) is 0 Å². The van der Waals surface area contributed by atoms with Crippen LogP contribution in [0.15, 0.2) is 0 Å². The lowest BCUT2D eigenvalue weighted by Crippen LogP contribution is -1.89. The third-order valence-corrected chi connectivity index (χ3v) is 0. The smallest absolute Gasteiger partial charge is 0.0167 e. The highest BCUT2D eigenvalue weighted by Crippen LogP contribution is 1.81. The fourth-order valence-electron chi connectivity index (χ4n) is 0. The van der Waals surface area contributed by atoms with E-state index in [1.165, 1.54) is 12.8 Å². The third kappa shape index (κ3) is 742000. The van der Waals surface area contributed by atoms with Crippen LogP contribution in [0, 0.1) is 5.92 Å². The Balaban J connectivity index is -0.0000000420. The van der Waals surface area contributed by atoms with Crippen molar-refractivity contribution < 1.29 is 0 Å². The summed E-state index contributed by atoms with van der Waals surface area (Å²) < 4.78 is 0. The molecule has 13 heavy (non-hydrogen) atoms. The van der Waals surface area contributed by atoms with Gasteiger partial charge in [-0.25, -0.2) is 0 Å². The minimum absolute atomic E-state index is 0.833. The monoisotopic (exact) mass is 191 g/mol. The van der Waals surface area contributed by atoms with E-state index >= 15 is 0 Å². The maximum Gasteiger partial charge on any atom is -0.0167 e. The first-order valence-electron chi connectivity index (χ1n) is 5.56. The molecule has 0 aromatic heterocycles. The van der Waals surface area contributed by atoms with Gasteiger partial charge in [-0.05, 0) is 20.0 Å². The Morgan fingerprint density at radius 1 is 0.769 bits per heavy atom. The predicted molar refractivity (Wildman–Crippen MR) is 67.4 cm³/mol. The SMILES string of the molecule is CC(C)C.CCC.CCC.CNC. The Kier molecular flexibility index (Phi) is 71.8. The standard InChI is InChI=1S/C4H10.2C3H8.C2H7N/c1-4(2)3;3*1-3-2/h4H,1-3H3;2*3H2,1-2H3;3H,1-2H3. The lowest BCUT2D eigenvalue weighted by atomic mass is 10.3. The van der Waals surface area contributed by atoms with Gasteiger partial charge < -0.3 is 5.32 Å². The van der Waals surface area contributed by atoms with E-state index in [0.717, 1.165) is 5.92 Å². The van der Waals surface area contributed by atoms with Gasteiger partial charge in [0, 0.05) is 0 Å². The van der Waals surface area contributed by atoms with Gasteiger partial charge in [0.25, 0.3) is 0 Å². The molecule has 0 saturated heterocycles. The zero-order valence-corrected chi connectivity index (χ0v) is 11.5. The molecule has 0 unspecified atom stereocenters. The fraction of sp³-hybridized carbons (Fsp3) is 1.00. The second kappa shape index (κ2) is 40.4. The maximum atomic E-state index is 2.75. The topological polar surface area (TPSA) is 12.0 Å². The molecule has 0 atom stereocenters. The van der Waals surface area contributed by atoms with Crippen molar-refractivity contribution in [3.63, 3.8) is 0 Å². The van der Waals surface area contributed by atoms with Crippen molar-refractivity contribution in [3.8, 4) is 0 Å². The first-order chi connectivity index (χ1) is 5.97. The Bertz CT molecular complexity index is 26.6. The molecule has 0 spiro atoms. The Morgan fingerprint density at radius 2 is 0.769 bits per heavy atom. The van der Waals surface area contributed by atoms with E-state index in [2.05, 4.69) is 53.8 Å². The number of hydrogen-bond donors (Lipinski definition) is 1. The van der Waals surface area contributed by atoms with Crippen LogP contribution in [0.3, 0.4) is 0 Å². The molecule has 0 bridgehead atoms. The molecule has 0 aliphatic carbocycles. The van der Waals surface area contributed by atoms with Crippen LogP contribution in [0.25, 0.3) is 0 Å². The summed E-state index contributed by atoms with van der Waals surface area (Å²) >= 11 is 0. The van der Waals surface area contributed by atoms with Crippen LogP contribution < -0.4 is 5.32 Å². The average molecular weight is 191 g/mol. The van der Waals surface area contributed by atoms with Gasteiger partial charge in [0.05, 0.1) is 0 Å². The van der Waals surface area contributed by atoms with Gasteiger partial charge in [-0.1, -0.05) is 61.3 Å². The molecule has 0 amide bonds. The van der Waals surface area contributed by atoms with Crippen LogP contribution in [0.5, 0.6) is 0 Å². The maximum absolute atomic E-state index is 2.75. The van der Waals surface area contributed by atoms with Gasteiger partial charge in [-0.3, -0.25) is 0 Å². The number of hydrogen-bond acceptors (Lipinski definition) is 1. The molecular formula is C12H33N. The van der Waals surface area contributed by atoms with Crippen molar-refractivity contribution in [3.05, 3.63) is 0 Å². The highest BCUT2D eigenvalue weighted by atomic mass is 14.7. The summed E-state index contributed by atoms with van der Waals surface area (Å²) in [5.74, 6) is 0.833. The van der Waals surface area contributed by atoms with E-state index in [4.69, 9.17) is 0 Å². The molecule has 0 radical (unpaired) electrons. The number of nitrogens with one attached hydrogen (secondary N) is 1. The van der Waals surface area contributed by atoms with Crippen molar-refractivity contribution in [1.82, 2.24) is 5.32 Å². The van der Waals surface area contributed by atoms with E-state index < -0.39 is 0 Å².